The van der Waals surface area contributed by atoms with Crippen LogP contribution < -0.4 is 10.2 Å². The van der Waals surface area contributed by atoms with Gasteiger partial charge in [-0.3, -0.25) is 4.79 Å². The van der Waals surface area contributed by atoms with Gasteiger partial charge in [0.1, 0.15) is 0 Å². The molecule has 2 fully saturated rings. The summed E-state index contributed by atoms with van der Waals surface area (Å²) in [6.07, 6.45) is 10.2. The predicted octanol–water partition coefficient (Wildman–Crippen LogP) is 4.47. The Morgan fingerprint density at radius 1 is 1.03 bits per heavy atom. The molecule has 0 bridgehead atoms. The summed E-state index contributed by atoms with van der Waals surface area (Å²) in [5, 5.41) is 3.23. The zero-order valence-electron chi connectivity index (χ0n) is 19.9. The maximum absolute atomic E-state index is 12.8. The summed E-state index contributed by atoms with van der Waals surface area (Å²) in [6, 6.07) is 13.3. The lowest BCUT2D eigenvalue weighted by Gasteiger charge is -2.35. The lowest BCUT2D eigenvalue weighted by atomic mass is 9.95. The molecular weight excluding hydrogens is 410 g/mol. The van der Waals surface area contributed by atoms with E-state index in [2.05, 4.69) is 63.0 Å². The van der Waals surface area contributed by atoms with Crippen LogP contribution in [0.15, 0.2) is 42.6 Å². The Morgan fingerprint density at radius 3 is 2.70 bits per heavy atom. The van der Waals surface area contributed by atoms with E-state index in [1.165, 1.54) is 32.2 Å². The molecule has 0 aliphatic carbocycles. The minimum atomic E-state index is 0.114. The van der Waals surface area contributed by atoms with Crippen LogP contribution in [-0.4, -0.2) is 59.0 Å². The second-order valence-corrected chi connectivity index (χ2v) is 9.69. The van der Waals surface area contributed by atoms with Crippen molar-refractivity contribution in [3.63, 3.8) is 0 Å². The molecule has 1 unspecified atom stereocenters. The van der Waals surface area contributed by atoms with E-state index in [9.17, 15) is 4.79 Å². The maximum atomic E-state index is 12.8. The number of nitrogens with zero attached hydrogens (tertiary/aromatic N) is 4. The Balaban J connectivity index is 1.13. The molecule has 4 heterocycles. The van der Waals surface area contributed by atoms with Gasteiger partial charge in [-0.15, -0.1) is 0 Å². The largest absolute Gasteiger partial charge is 0.356 e. The summed E-state index contributed by atoms with van der Waals surface area (Å²) in [7, 11) is 0. The highest BCUT2D eigenvalue weighted by atomic mass is 16.1. The molecule has 2 saturated heterocycles. The third-order valence-electron chi connectivity index (χ3n) is 7.65. The average molecular weight is 448 g/mol. The zero-order valence-corrected chi connectivity index (χ0v) is 19.9. The molecule has 1 N–H and O–H groups in total. The van der Waals surface area contributed by atoms with Crippen LogP contribution in [0, 0.1) is 5.92 Å². The van der Waals surface area contributed by atoms with Crippen LogP contribution in [0.2, 0.25) is 0 Å². The molecule has 1 aromatic carbocycles. The average Bonchev–Trinajstić information content (AvgIpc) is 3.37. The number of fused-ring (bicyclic) bond motifs is 3. The number of hydrogen-bond acceptors (Lipinski definition) is 4. The monoisotopic (exact) mass is 447 g/mol. The van der Waals surface area contributed by atoms with Crippen molar-refractivity contribution in [3.05, 3.63) is 42.6 Å². The molecule has 2 aliphatic heterocycles. The standard InChI is InChI=1S/C27H37N5O/c1-2-22-9-5-6-16-30(22)17-8-15-28-27(33)21-13-19-31(20-14-21)26-25-12-7-18-32(25)24-11-4-3-10-23(24)29-26/h3-4,7,10-12,18,21-22H,2,5-6,8-9,13-17,19-20H2,1H3,(H,28,33). The van der Waals surface area contributed by atoms with E-state index < -0.39 is 0 Å². The minimum Gasteiger partial charge on any atom is -0.356 e. The maximum Gasteiger partial charge on any atom is 0.223 e. The number of carbonyl (C=O) groups is 1. The first-order valence-electron chi connectivity index (χ1n) is 12.9. The van der Waals surface area contributed by atoms with Crippen LogP contribution >= 0.6 is 0 Å². The topological polar surface area (TPSA) is 52.9 Å². The molecule has 6 nitrogen and oxygen atoms in total. The fraction of sp³-hybridized carbons (Fsp3) is 0.556. The van der Waals surface area contributed by atoms with Gasteiger partial charge in [-0.1, -0.05) is 25.5 Å². The van der Waals surface area contributed by atoms with E-state index in [1.54, 1.807) is 0 Å². The summed E-state index contributed by atoms with van der Waals surface area (Å²) in [5.74, 6) is 1.38. The smallest absolute Gasteiger partial charge is 0.223 e. The molecule has 6 heteroatoms. The van der Waals surface area contributed by atoms with Gasteiger partial charge in [0.25, 0.3) is 0 Å². The molecule has 33 heavy (non-hydrogen) atoms. The first-order valence-corrected chi connectivity index (χ1v) is 12.9. The van der Waals surface area contributed by atoms with Crippen molar-refractivity contribution in [1.82, 2.24) is 19.6 Å². The quantitative estimate of drug-likeness (QED) is 0.543. The van der Waals surface area contributed by atoms with Crippen molar-refractivity contribution < 1.29 is 4.79 Å². The predicted molar refractivity (Wildman–Crippen MR) is 135 cm³/mol. The van der Waals surface area contributed by atoms with Gasteiger partial charge in [-0.05, 0) is 69.3 Å². The number of para-hydroxylation sites is 2. The van der Waals surface area contributed by atoms with Crippen LogP contribution in [0.5, 0.6) is 0 Å². The Labute approximate surface area is 197 Å². The number of nitrogens with one attached hydrogen (secondary N) is 1. The number of hydrogen-bond donors (Lipinski definition) is 1. The molecule has 0 radical (unpaired) electrons. The second-order valence-electron chi connectivity index (χ2n) is 9.69. The molecule has 0 spiro atoms. The highest BCUT2D eigenvalue weighted by Crippen LogP contribution is 2.29. The van der Waals surface area contributed by atoms with Gasteiger partial charge < -0.3 is 19.5 Å². The van der Waals surface area contributed by atoms with E-state index in [1.807, 2.05) is 6.07 Å². The van der Waals surface area contributed by atoms with Crippen LogP contribution in [0.1, 0.15) is 51.9 Å². The van der Waals surface area contributed by atoms with Gasteiger partial charge in [-0.25, -0.2) is 4.98 Å². The highest BCUT2D eigenvalue weighted by molar-refractivity contribution is 5.85. The number of anilines is 1. The fourth-order valence-corrected chi connectivity index (χ4v) is 5.75. The van der Waals surface area contributed by atoms with Crippen molar-refractivity contribution in [3.8, 4) is 0 Å². The van der Waals surface area contributed by atoms with Crippen molar-refractivity contribution >= 4 is 28.3 Å². The Morgan fingerprint density at radius 2 is 1.85 bits per heavy atom. The summed E-state index contributed by atoms with van der Waals surface area (Å²) < 4.78 is 2.22. The van der Waals surface area contributed by atoms with E-state index in [4.69, 9.17) is 4.98 Å². The fourth-order valence-electron chi connectivity index (χ4n) is 5.75. The summed E-state index contributed by atoms with van der Waals surface area (Å²) in [6.45, 7) is 7.17. The van der Waals surface area contributed by atoms with Crippen LogP contribution in [0.25, 0.3) is 16.6 Å². The molecule has 1 amide bonds. The number of benzene rings is 1. The van der Waals surface area contributed by atoms with Gasteiger partial charge >= 0.3 is 0 Å². The lowest BCUT2D eigenvalue weighted by Crippen LogP contribution is -2.43. The molecule has 1 atom stereocenters. The number of piperidine rings is 2. The molecule has 3 aromatic rings. The Bertz CT molecular complexity index is 1080. The van der Waals surface area contributed by atoms with Crippen LogP contribution in [0.3, 0.4) is 0 Å². The third kappa shape index (κ3) is 4.72. The number of likely N-dealkylation sites (tertiary alicyclic amines) is 1. The van der Waals surface area contributed by atoms with Crippen molar-refractivity contribution in [2.24, 2.45) is 5.92 Å². The lowest BCUT2D eigenvalue weighted by molar-refractivity contribution is -0.125. The van der Waals surface area contributed by atoms with Crippen molar-refractivity contribution in [2.75, 3.05) is 37.6 Å². The highest BCUT2D eigenvalue weighted by Gasteiger charge is 2.27. The molecule has 2 aliphatic rings. The van der Waals surface area contributed by atoms with Gasteiger partial charge in [0.05, 0.1) is 16.6 Å². The normalized spacial score (nSPS) is 20.5. The van der Waals surface area contributed by atoms with Crippen molar-refractivity contribution in [1.29, 1.82) is 0 Å². The van der Waals surface area contributed by atoms with Crippen molar-refractivity contribution in [2.45, 2.75) is 57.9 Å². The Hall–Kier alpha value is -2.60. The number of carbonyl (C=O) groups excluding carboxylic acids is 1. The Kier molecular flexibility index (Phi) is 6.81. The van der Waals surface area contributed by atoms with E-state index in [0.29, 0.717) is 0 Å². The number of rotatable bonds is 7. The minimum absolute atomic E-state index is 0.114. The van der Waals surface area contributed by atoms with Crippen LogP contribution in [-0.2, 0) is 4.79 Å². The molecule has 5 rings (SSSR count). The van der Waals surface area contributed by atoms with E-state index >= 15 is 0 Å². The summed E-state index contributed by atoms with van der Waals surface area (Å²) in [5.41, 5.74) is 3.28. The molecule has 2 aromatic heterocycles. The summed E-state index contributed by atoms with van der Waals surface area (Å²) >= 11 is 0. The van der Waals surface area contributed by atoms with Gasteiger partial charge in [-0.2, -0.15) is 0 Å². The molecule has 176 valence electrons. The first kappa shape index (κ1) is 22.2. The third-order valence-corrected chi connectivity index (χ3v) is 7.65. The number of amides is 1. The zero-order chi connectivity index (χ0) is 22.6. The molecular formula is C27H37N5O. The van der Waals surface area contributed by atoms with Gasteiger partial charge in [0.15, 0.2) is 5.82 Å². The van der Waals surface area contributed by atoms with Gasteiger partial charge in [0.2, 0.25) is 5.91 Å². The second kappa shape index (κ2) is 10.1. The van der Waals surface area contributed by atoms with Gasteiger partial charge in [0, 0.05) is 44.3 Å². The number of aromatic nitrogens is 2. The molecule has 0 saturated carbocycles. The summed E-state index contributed by atoms with van der Waals surface area (Å²) in [4.78, 5) is 22.8. The first-order chi connectivity index (χ1) is 16.2. The van der Waals surface area contributed by atoms with E-state index in [-0.39, 0.29) is 11.8 Å². The van der Waals surface area contributed by atoms with E-state index in [0.717, 1.165) is 73.9 Å². The SMILES string of the molecule is CCC1CCCCN1CCCNC(=O)C1CCN(c2nc3ccccc3n3cccc23)CC1. The van der Waals surface area contributed by atoms with Crippen LogP contribution in [0.4, 0.5) is 5.82 Å².